The fraction of sp³-hybridized carbons (Fsp3) is 0.190. The van der Waals surface area contributed by atoms with Gasteiger partial charge < -0.3 is 4.84 Å². The second kappa shape index (κ2) is 8.98. The number of rotatable bonds is 7. The molecule has 5 nitrogen and oxygen atoms in total. The van der Waals surface area contributed by atoms with E-state index in [1.165, 1.54) is 5.56 Å². The molecule has 8 heteroatoms. The SMILES string of the molecule is Cc1ccc(CO/N=C(/CSc2ccc(Cl)cc2)c2sc3ncnn3c2C)cc1. The number of hydrogen-bond acceptors (Lipinski definition) is 6. The summed E-state index contributed by atoms with van der Waals surface area (Å²) in [5, 5.41) is 9.50. The van der Waals surface area contributed by atoms with Crippen LogP contribution in [0.4, 0.5) is 0 Å². The number of hydrogen-bond donors (Lipinski definition) is 0. The van der Waals surface area contributed by atoms with E-state index < -0.39 is 0 Å². The molecule has 0 amide bonds. The zero-order chi connectivity index (χ0) is 20.2. The van der Waals surface area contributed by atoms with Crippen molar-refractivity contribution >= 4 is 45.4 Å². The Kier molecular flexibility index (Phi) is 6.18. The van der Waals surface area contributed by atoms with Crippen LogP contribution in [0.25, 0.3) is 4.96 Å². The van der Waals surface area contributed by atoms with Crippen molar-refractivity contribution < 1.29 is 4.84 Å². The number of aryl methyl sites for hydroxylation is 2. The van der Waals surface area contributed by atoms with Crippen LogP contribution in [0.5, 0.6) is 0 Å². The number of fused-ring (bicyclic) bond motifs is 1. The third-order valence-electron chi connectivity index (χ3n) is 4.33. The highest BCUT2D eigenvalue weighted by atomic mass is 35.5. The maximum atomic E-state index is 5.99. The number of halogens is 1. The van der Waals surface area contributed by atoms with Gasteiger partial charge in [-0.1, -0.05) is 57.9 Å². The van der Waals surface area contributed by atoms with Crippen molar-refractivity contribution in [3.63, 3.8) is 0 Å². The number of benzene rings is 2. The van der Waals surface area contributed by atoms with Crippen LogP contribution in [-0.4, -0.2) is 26.1 Å². The predicted octanol–water partition coefficient (Wildman–Crippen LogP) is 5.77. The van der Waals surface area contributed by atoms with E-state index in [4.69, 9.17) is 16.4 Å². The summed E-state index contributed by atoms with van der Waals surface area (Å²) in [7, 11) is 0. The Morgan fingerprint density at radius 3 is 2.62 bits per heavy atom. The van der Waals surface area contributed by atoms with E-state index in [2.05, 4.69) is 46.4 Å². The lowest BCUT2D eigenvalue weighted by Gasteiger charge is -2.07. The van der Waals surface area contributed by atoms with Crippen LogP contribution in [0.15, 0.2) is 64.9 Å². The van der Waals surface area contributed by atoms with Crippen LogP contribution >= 0.6 is 34.7 Å². The predicted molar refractivity (Wildman–Crippen MR) is 120 cm³/mol. The second-order valence-electron chi connectivity index (χ2n) is 6.51. The van der Waals surface area contributed by atoms with Gasteiger partial charge in [-0.2, -0.15) is 5.10 Å². The molecule has 0 fully saturated rings. The Labute approximate surface area is 182 Å². The summed E-state index contributed by atoms with van der Waals surface area (Å²) in [6, 6.07) is 16.1. The third-order valence-corrected chi connectivity index (χ3v) is 6.81. The monoisotopic (exact) mass is 442 g/mol. The molecule has 29 heavy (non-hydrogen) atoms. The zero-order valence-electron chi connectivity index (χ0n) is 16.0. The van der Waals surface area contributed by atoms with Crippen molar-refractivity contribution in [3.8, 4) is 0 Å². The van der Waals surface area contributed by atoms with E-state index in [-0.39, 0.29) is 0 Å². The van der Waals surface area contributed by atoms with Crippen LogP contribution in [0.3, 0.4) is 0 Å². The molecule has 2 aromatic heterocycles. The molecule has 0 saturated heterocycles. The van der Waals surface area contributed by atoms with Gasteiger partial charge in [-0.25, -0.2) is 9.50 Å². The van der Waals surface area contributed by atoms with Crippen molar-refractivity contribution in [1.29, 1.82) is 0 Å². The molecule has 4 aromatic rings. The van der Waals surface area contributed by atoms with Crippen LogP contribution in [0.1, 0.15) is 21.7 Å². The summed E-state index contributed by atoms with van der Waals surface area (Å²) in [4.78, 5) is 13.0. The highest BCUT2D eigenvalue weighted by molar-refractivity contribution is 8.00. The summed E-state index contributed by atoms with van der Waals surface area (Å²) in [5.41, 5.74) is 4.19. The molecule has 0 aliphatic heterocycles. The molecule has 0 unspecified atom stereocenters. The Balaban J connectivity index is 1.55. The van der Waals surface area contributed by atoms with E-state index in [0.717, 1.165) is 36.7 Å². The topological polar surface area (TPSA) is 51.8 Å². The fourth-order valence-corrected chi connectivity index (χ4v) is 4.81. The standard InChI is InChI=1S/C21H19ClN4OS2/c1-14-3-5-16(6-4-14)11-27-25-19(12-28-18-9-7-17(22)8-10-18)20-15(2)26-21(29-20)23-13-24-26/h3-10,13H,11-12H2,1-2H3/b25-19-. The average Bonchev–Trinajstić information content (AvgIpc) is 3.30. The number of oxime groups is 1. The lowest BCUT2D eigenvalue weighted by Crippen LogP contribution is -2.07. The van der Waals surface area contributed by atoms with Gasteiger partial charge in [0.1, 0.15) is 18.6 Å². The molecule has 0 aliphatic rings. The smallest absolute Gasteiger partial charge is 0.212 e. The van der Waals surface area contributed by atoms with Crippen molar-refractivity contribution in [2.24, 2.45) is 5.16 Å². The zero-order valence-corrected chi connectivity index (χ0v) is 18.4. The molecular weight excluding hydrogens is 424 g/mol. The van der Waals surface area contributed by atoms with Gasteiger partial charge in [-0.05, 0) is 43.7 Å². The summed E-state index contributed by atoms with van der Waals surface area (Å²) < 4.78 is 1.84. The average molecular weight is 443 g/mol. The minimum absolute atomic E-state index is 0.426. The Hall–Kier alpha value is -2.35. The first-order valence-corrected chi connectivity index (χ1v) is 11.2. The minimum atomic E-state index is 0.426. The molecule has 148 valence electrons. The first kappa shape index (κ1) is 19.9. The minimum Gasteiger partial charge on any atom is -0.391 e. The summed E-state index contributed by atoms with van der Waals surface area (Å²) in [6.45, 7) is 4.52. The normalized spacial score (nSPS) is 11.9. The molecular formula is C21H19ClN4OS2. The highest BCUT2D eigenvalue weighted by Gasteiger charge is 2.17. The molecule has 4 rings (SSSR count). The molecule has 0 bridgehead atoms. The number of aromatic nitrogens is 3. The first-order valence-electron chi connectivity index (χ1n) is 9.02. The van der Waals surface area contributed by atoms with E-state index in [1.54, 1.807) is 29.4 Å². The Morgan fingerprint density at radius 2 is 1.90 bits per heavy atom. The van der Waals surface area contributed by atoms with Gasteiger partial charge in [0.2, 0.25) is 4.96 Å². The Bertz CT molecular complexity index is 1130. The van der Waals surface area contributed by atoms with Crippen molar-refractivity contribution in [1.82, 2.24) is 14.6 Å². The van der Waals surface area contributed by atoms with Gasteiger partial charge in [0, 0.05) is 15.7 Å². The van der Waals surface area contributed by atoms with Crippen LogP contribution < -0.4 is 0 Å². The van der Waals surface area contributed by atoms with Gasteiger partial charge in [0.05, 0.1) is 10.6 Å². The van der Waals surface area contributed by atoms with Gasteiger partial charge in [0.15, 0.2) is 0 Å². The first-order chi connectivity index (χ1) is 14.1. The number of thioether (sulfide) groups is 1. The molecule has 2 heterocycles. The van der Waals surface area contributed by atoms with Gasteiger partial charge >= 0.3 is 0 Å². The lowest BCUT2D eigenvalue weighted by atomic mass is 10.2. The molecule has 0 saturated carbocycles. The van der Waals surface area contributed by atoms with E-state index in [9.17, 15) is 0 Å². The van der Waals surface area contributed by atoms with E-state index in [1.807, 2.05) is 35.7 Å². The molecule has 2 aromatic carbocycles. The van der Waals surface area contributed by atoms with Crippen LogP contribution in [0, 0.1) is 13.8 Å². The van der Waals surface area contributed by atoms with E-state index in [0.29, 0.717) is 12.4 Å². The molecule has 0 atom stereocenters. The summed E-state index contributed by atoms with van der Waals surface area (Å²) >= 11 is 9.25. The third kappa shape index (κ3) is 4.80. The summed E-state index contributed by atoms with van der Waals surface area (Å²) in [6.07, 6.45) is 1.57. The highest BCUT2D eigenvalue weighted by Crippen LogP contribution is 2.26. The van der Waals surface area contributed by atoms with Crippen LogP contribution in [0.2, 0.25) is 5.02 Å². The Morgan fingerprint density at radius 1 is 1.14 bits per heavy atom. The quantitative estimate of drug-likeness (QED) is 0.207. The van der Waals surface area contributed by atoms with Crippen molar-refractivity contribution in [2.45, 2.75) is 25.3 Å². The summed E-state index contributed by atoms with van der Waals surface area (Å²) in [5.74, 6) is 0.667. The maximum absolute atomic E-state index is 5.99. The maximum Gasteiger partial charge on any atom is 0.212 e. The fourth-order valence-electron chi connectivity index (χ4n) is 2.74. The van der Waals surface area contributed by atoms with Crippen molar-refractivity contribution in [2.75, 3.05) is 5.75 Å². The molecule has 0 N–H and O–H groups in total. The molecule has 0 radical (unpaired) electrons. The number of nitrogens with zero attached hydrogens (tertiary/aromatic N) is 4. The van der Waals surface area contributed by atoms with E-state index >= 15 is 0 Å². The van der Waals surface area contributed by atoms with Gasteiger partial charge in [-0.15, -0.1) is 11.8 Å². The largest absolute Gasteiger partial charge is 0.391 e. The lowest BCUT2D eigenvalue weighted by molar-refractivity contribution is 0.130. The van der Waals surface area contributed by atoms with Gasteiger partial charge in [0.25, 0.3) is 0 Å². The van der Waals surface area contributed by atoms with Crippen molar-refractivity contribution in [3.05, 3.63) is 81.6 Å². The number of thiazole rings is 1. The van der Waals surface area contributed by atoms with Gasteiger partial charge in [-0.3, -0.25) is 0 Å². The molecule has 0 spiro atoms. The van der Waals surface area contributed by atoms with Crippen LogP contribution in [-0.2, 0) is 11.4 Å². The second-order valence-corrected chi connectivity index (χ2v) is 8.97. The molecule has 0 aliphatic carbocycles.